The highest BCUT2D eigenvalue weighted by atomic mass is 16.3. The molecule has 0 aliphatic heterocycles. The minimum Gasteiger partial charge on any atom is -0.439 e. The third-order valence-electron chi connectivity index (χ3n) is 5.73. The smallest absolute Gasteiger partial charge is 0.213 e. The van der Waals surface area contributed by atoms with Crippen LogP contribution in [-0.4, -0.2) is 4.57 Å². The molecule has 0 bridgehead atoms. The minimum atomic E-state index is 0.328. The topological polar surface area (TPSA) is 18.1 Å². The number of para-hydroxylation sites is 1. The maximum atomic E-state index is 6.40. The van der Waals surface area contributed by atoms with E-state index in [9.17, 15) is 0 Å². The molecular weight excluding hydrogens is 342 g/mol. The van der Waals surface area contributed by atoms with Gasteiger partial charge < -0.3 is 4.42 Å². The van der Waals surface area contributed by atoms with Crippen molar-refractivity contribution >= 4 is 38.7 Å². The first-order chi connectivity index (χ1) is 13.8. The lowest BCUT2D eigenvalue weighted by molar-refractivity contribution is 0.647. The van der Waals surface area contributed by atoms with Gasteiger partial charge in [-0.25, -0.2) is 0 Å². The second-order valence-corrected chi connectivity index (χ2v) is 7.52. The van der Waals surface area contributed by atoms with E-state index in [2.05, 4.69) is 103 Å². The molecule has 0 saturated carbocycles. The second kappa shape index (κ2) is 5.74. The third-order valence-corrected chi connectivity index (χ3v) is 5.73. The van der Waals surface area contributed by atoms with Gasteiger partial charge in [-0.15, -0.1) is 0 Å². The molecule has 2 heterocycles. The Morgan fingerprint density at radius 1 is 0.893 bits per heavy atom. The summed E-state index contributed by atoms with van der Waals surface area (Å²) in [7, 11) is 0. The summed E-state index contributed by atoms with van der Waals surface area (Å²) in [5.41, 5.74) is 6.66. The van der Waals surface area contributed by atoms with E-state index >= 15 is 0 Å². The Hall–Kier alpha value is -3.52. The fourth-order valence-corrected chi connectivity index (χ4v) is 4.36. The third kappa shape index (κ3) is 2.15. The van der Waals surface area contributed by atoms with E-state index in [-0.39, 0.29) is 0 Å². The van der Waals surface area contributed by atoms with Gasteiger partial charge >= 0.3 is 0 Å². The van der Waals surface area contributed by atoms with Gasteiger partial charge in [0.15, 0.2) is 0 Å². The van der Waals surface area contributed by atoms with Crippen molar-refractivity contribution in [3.8, 4) is 0 Å². The number of hydrogen-bond donors (Lipinski definition) is 0. The van der Waals surface area contributed by atoms with Crippen LogP contribution in [0.4, 0.5) is 0 Å². The van der Waals surface area contributed by atoms with Gasteiger partial charge in [-0.1, -0.05) is 66.8 Å². The Balaban J connectivity index is 1.69. The maximum Gasteiger partial charge on any atom is 0.213 e. The summed E-state index contributed by atoms with van der Waals surface area (Å²) in [6.07, 6.45) is 17.5. The summed E-state index contributed by atoms with van der Waals surface area (Å²) in [6.45, 7) is 2.10. The summed E-state index contributed by atoms with van der Waals surface area (Å²) < 4.78 is 8.65. The molecule has 0 saturated heterocycles. The van der Waals surface area contributed by atoms with Crippen LogP contribution < -0.4 is 0 Å². The number of hydrogen-bond acceptors (Lipinski definition) is 1. The molecule has 2 aromatic carbocycles. The molecule has 0 N–H and O–H groups in total. The van der Waals surface area contributed by atoms with Crippen LogP contribution in [0.2, 0.25) is 0 Å². The van der Waals surface area contributed by atoms with Crippen LogP contribution in [0.15, 0.2) is 101 Å². The van der Waals surface area contributed by atoms with Gasteiger partial charge in [0.05, 0.1) is 10.9 Å². The zero-order valence-electron chi connectivity index (χ0n) is 15.6. The summed E-state index contributed by atoms with van der Waals surface area (Å²) in [5, 5.41) is 3.59. The van der Waals surface area contributed by atoms with E-state index < -0.39 is 0 Å². The first-order valence-electron chi connectivity index (χ1n) is 9.67. The normalized spacial score (nSPS) is 18.5. The number of nitrogens with zero attached hydrogens (tertiary/aromatic N) is 1. The van der Waals surface area contributed by atoms with E-state index in [0.29, 0.717) is 5.92 Å². The van der Waals surface area contributed by atoms with Gasteiger partial charge in [-0.3, -0.25) is 4.57 Å². The lowest BCUT2D eigenvalue weighted by Gasteiger charge is -2.10. The average Bonchev–Trinajstić information content (AvgIpc) is 3.14. The fraction of sp³-hybridized carbons (Fsp3) is 0.0769. The van der Waals surface area contributed by atoms with Gasteiger partial charge in [0, 0.05) is 22.4 Å². The molecule has 0 amide bonds. The molecule has 0 radical (unpaired) electrons. The largest absolute Gasteiger partial charge is 0.439 e. The van der Waals surface area contributed by atoms with Crippen molar-refractivity contribution in [2.24, 2.45) is 5.92 Å². The molecular formula is C26H19NO. The molecule has 0 spiro atoms. The van der Waals surface area contributed by atoms with Gasteiger partial charge in [-0.05, 0) is 42.3 Å². The van der Waals surface area contributed by atoms with Crippen molar-refractivity contribution in [3.63, 3.8) is 0 Å². The van der Waals surface area contributed by atoms with Crippen LogP contribution in [0, 0.1) is 12.8 Å². The molecule has 2 nitrogen and oxygen atoms in total. The number of furan rings is 1. The van der Waals surface area contributed by atoms with Crippen molar-refractivity contribution < 1.29 is 4.42 Å². The van der Waals surface area contributed by atoms with E-state index in [0.717, 1.165) is 17.0 Å². The van der Waals surface area contributed by atoms with Crippen molar-refractivity contribution in [2.45, 2.75) is 6.92 Å². The molecule has 134 valence electrons. The van der Waals surface area contributed by atoms with E-state index in [4.69, 9.17) is 4.42 Å². The van der Waals surface area contributed by atoms with Gasteiger partial charge in [0.1, 0.15) is 5.58 Å². The van der Waals surface area contributed by atoms with Gasteiger partial charge in [0.25, 0.3) is 0 Å². The van der Waals surface area contributed by atoms with Crippen LogP contribution in [0.25, 0.3) is 38.7 Å². The Morgan fingerprint density at radius 2 is 1.82 bits per heavy atom. The highest BCUT2D eigenvalue weighted by Gasteiger charge is 2.20. The number of rotatable bonds is 1. The van der Waals surface area contributed by atoms with E-state index in [1.54, 1.807) is 0 Å². The Bertz CT molecular complexity index is 1420. The predicted molar refractivity (Wildman–Crippen MR) is 117 cm³/mol. The van der Waals surface area contributed by atoms with Crippen LogP contribution >= 0.6 is 0 Å². The molecule has 0 fully saturated rings. The van der Waals surface area contributed by atoms with E-state index in [1.807, 2.05) is 0 Å². The molecule has 1 unspecified atom stereocenters. The summed E-state index contributed by atoms with van der Waals surface area (Å²) >= 11 is 0. The monoisotopic (exact) mass is 361 g/mol. The number of benzene rings is 2. The molecule has 2 aliphatic carbocycles. The van der Waals surface area contributed by atoms with Gasteiger partial charge in [-0.2, -0.15) is 0 Å². The van der Waals surface area contributed by atoms with E-state index in [1.165, 1.54) is 32.8 Å². The predicted octanol–water partition coefficient (Wildman–Crippen LogP) is 6.93. The highest BCUT2D eigenvalue weighted by molar-refractivity contribution is 6.20. The molecule has 2 aromatic heterocycles. The molecule has 6 rings (SSSR count). The Kier molecular flexibility index (Phi) is 3.18. The molecule has 4 aromatic rings. The van der Waals surface area contributed by atoms with Crippen molar-refractivity contribution in [1.29, 1.82) is 0 Å². The van der Waals surface area contributed by atoms with Gasteiger partial charge in [0.2, 0.25) is 5.71 Å². The first kappa shape index (κ1) is 15.5. The van der Waals surface area contributed by atoms with Crippen molar-refractivity contribution in [2.75, 3.05) is 0 Å². The maximum absolute atomic E-state index is 6.40. The highest BCUT2D eigenvalue weighted by Crippen LogP contribution is 2.39. The zero-order valence-corrected chi connectivity index (χ0v) is 15.6. The second-order valence-electron chi connectivity index (χ2n) is 7.52. The SMILES string of the molecule is Cc1ccc2c(c1)oc1c2c2ccccc2n1C1=CC=C2C=CC=CC2C=C1. The lowest BCUT2D eigenvalue weighted by atomic mass is 9.95. The Labute approximate surface area is 163 Å². The first-order valence-corrected chi connectivity index (χ1v) is 9.67. The zero-order chi connectivity index (χ0) is 18.7. The number of aromatic nitrogens is 1. The molecule has 2 heteroatoms. The van der Waals surface area contributed by atoms with Crippen LogP contribution in [0.1, 0.15) is 5.56 Å². The summed E-state index contributed by atoms with van der Waals surface area (Å²) in [6, 6.07) is 15.0. The van der Waals surface area contributed by atoms with Crippen molar-refractivity contribution in [3.05, 3.63) is 102 Å². The van der Waals surface area contributed by atoms with Crippen molar-refractivity contribution in [1.82, 2.24) is 4.57 Å². The van der Waals surface area contributed by atoms with Crippen LogP contribution in [-0.2, 0) is 0 Å². The molecule has 1 atom stereocenters. The Morgan fingerprint density at radius 3 is 2.79 bits per heavy atom. The summed E-state index contributed by atoms with van der Waals surface area (Å²) in [5.74, 6) is 0.328. The average molecular weight is 361 g/mol. The molecule has 28 heavy (non-hydrogen) atoms. The minimum absolute atomic E-state index is 0.328. The lowest BCUT2D eigenvalue weighted by Crippen LogP contribution is -1.96. The fourth-order valence-electron chi connectivity index (χ4n) is 4.36. The number of aryl methyl sites for hydroxylation is 1. The quantitative estimate of drug-likeness (QED) is 0.359. The van der Waals surface area contributed by atoms with Crippen LogP contribution in [0.5, 0.6) is 0 Å². The molecule has 2 aliphatic rings. The summed E-state index contributed by atoms with van der Waals surface area (Å²) in [4.78, 5) is 0. The number of fused-ring (bicyclic) bond motifs is 6. The standard InChI is InChI=1S/C26H19NO/c1-17-10-15-22-24(16-17)28-26-25(22)21-8-4-5-9-23(21)27(26)20-13-11-18-6-2-3-7-19(18)12-14-20/h2-16,18H,1H3. The van der Waals surface area contributed by atoms with Crippen LogP contribution in [0.3, 0.4) is 0 Å². The number of allylic oxidation sites excluding steroid dienone is 10.